The molecule has 0 saturated carbocycles. The van der Waals surface area contributed by atoms with Gasteiger partial charge in [-0.25, -0.2) is 9.97 Å². The Balaban J connectivity index is 1.44. The van der Waals surface area contributed by atoms with E-state index < -0.39 is 5.54 Å². The quantitative estimate of drug-likeness (QED) is 0.597. The third-order valence-corrected chi connectivity index (χ3v) is 5.94. The normalized spacial score (nSPS) is 17.3. The van der Waals surface area contributed by atoms with Crippen molar-refractivity contribution < 1.29 is 4.79 Å². The number of carbonyl (C=O) groups excluding carboxylic acids is 1. The second kappa shape index (κ2) is 8.00. The molecule has 1 saturated heterocycles. The van der Waals surface area contributed by atoms with E-state index in [9.17, 15) is 4.79 Å². The summed E-state index contributed by atoms with van der Waals surface area (Å²) >= 11 is 6.11. The lowest BCUT2D eigenvalue weighted by atomic mass is 9.87. The average molecular weight is 413 g/mol. The highest BCUT2D eigenvalue weighted by Gasteiger charge is 2.39. The highest BCUT2D eigenvalue weighted by molar-refractivity contribution is 6.30. The summed E-state index contributed by atoms with van der Waals surface area (Å²) in [6.45, 7) is 3.36. The minimum atomic E-state index is -0.896. The number of nitrogens with two attached hydrogens (primary N) is 1. The smallest absolute Gasteiger partial charge is 0.240 e. The van der Waals surface area contributed by atoms with E-state index in [1.165, 1.54) is 0 Å². The van der Waals surface area contributed by atoms with Crippen LogP contribution in [0.2, 0.25) is 5.02 Å². The Kier molecular flexibility index (Phi) is 5.43. The van der Waals surface area contributed by atoms with Crippen molar-refractivity contribution in [1.29, 1.82) is 0 Å². The zero-order chi connectivity index (χ0) is 20.4. The van der Waals surface area contributed by atoms with Gasteiger partial charge >= 0.3 is 0 Å². The van der Waals surface area contributed by atoms with Crippen molar-refractivity contribution in [2.75, 3.05) is 18.0 Å². The first-order valence-electron chi connectivity index (χ1n) is 9.88. The van der Waals surface area contributed by atoms with Crippen LogP contribution in [0.4, 0.5) is 5.82 Å². The van der Waals surface area contributed by atoms with Crippen molar-refractivity contribution >= 4 is 34.4 Å². The van der Waals surface area contributed by atoms with Gasteiger partial charge in [0.05, 0.1) is 17.0 Å². The molecule has 4 N–H and O–H groups in total. The molecule has 29 heavy (non-hydrogen) atoms. The summed E-state index contributed by atoms with van der Waals surface area (Å²) in [5.74, 6) is 0.766. The van der Waals surface area contributed by atoms with Crippen LogP contribution in [-0.4, -0.2) is 39.5 Å². The van der Waals surface area contributed by atoms with E-state index in [1.54, 1.807) is 6.33 Å². The monoisotopic (exact) mass is 412 g/mol. The molecule has 1 aliphatic rings. The molecule has 152 valence electrons. The number of rotatable bonds is 5. The molecule has 0 spiro atoms. The fourth-order valence-corrected chi connectivity index (χ4v) is 4.10. The molecule has 2 aromatic heterocycles. The van der Waals surface area contributed by atoms with Crippen molar-refractivity contribution in [3.63, 3.8) is 0 Å². The Morgan fingerprint density at radius 2 is 2.14 bits per heavy atom. The third kappa shape index (κ3) is 3.93. The third-order valence-electron chi connectivity index (χ3n) is 5.70. The summed E-state index contributed by atoms with van der Waals surface area (Å²) in [5.41, 5.74) is 7.45. The second-order valence-corrected chi connectivity index (χ2v) is 8.01. The van der Waals surface area contributed by atoms with Crippen LogP contribution in [0.3, 0.4) is 0 Å². The molecule has 1 fully saturated rings. The summed E-state index contributed by atoms with van der Waals surface area (Å²) in [6, 6.07) is 9.45. The summed E-state index contributed by atoms with van der Waals surface area (Å²) in [6.07, 6.45) is 5.29. The number of benzene rings is 1. The minimum Gasteiger partial charge on any atom is -0.356 e. The lowest BCUT2D eigenvalue weighted by Crippen LogP contribution is -2.60. The van der Waals surface area contributed by atoms with Crippen molar-refractivity contribution in [2.24, 2.45) is 5.73 Å². The van der Waals surface area contributed by atoms with Gasteiger partial charge in [0.25, 0.3) is 0 Å². The number of fused-ring (bicyclic) bond motifs is 1. The maximum Gasteiger partial charge on any atom is 0.240 e. The molecular formula is C21H25ClN6O. The molecule has 0 bridgehead atoms. The van der Waals surface area contributed by atoms with Crippen LogP contribution in [0, 0.1) is 0 Å². The predicted octanol–water partition coefficient (Wildman–Crippen LogP) is 3.18. The summed E-state index contributed by atoms with van der Waals surface area (Å²) in [7, 11) is 0. The molecule has 0 radical (unpaired) electrons. The lowest BCUT2D eigenvalue weighted by molar-refractivity contribution is -0.127. The van der Waals surface area contributed by atoms with Gasteiger partial charge in [0.2, 0.25) is 5.91 Å². The van der Waals surface area contributed by atoms with Crippen LogP contribution >= 0.6 is 11.6 Å². The number of nitrogens with one attached hydrogen (secondary N) is 2. The fraction of sp³-hybridized carbons (Fsp3) is 0.381. The van der Waals surface area contributed by atoms with Gasteiger partial charge in [-0.3, -0.25) is 4.79 Å². The number of anilines is 1. The van der Waals surface area contributed by atoms with E-state index in [2.05, 4.69) is 25.2 Å². The van der Waals surface area contributed by atoms with E-state index in [1.807, 2.05) is 43.5 Å². The molecule has 1 amide bonds. The number of amides is 1. The predicted molar refractivity (Wildman–Crippen MR) is 115 cm³/mol. The number of piperidine rings is 1. The zero-order valence-electron chi connectivity index (χ0n) is 16.4. The molecule has 1 aromatic carbocycles. The molecule has 1 atom stereocenters. The Bertz CT molecular complexity index is 1010. The lowest BCUT2D eigenvalue weighted by Gasteiger charge is -2.39. The van der Waals surface area contributed by atoms with Gasteiger partial charge < -0.3 is 20.9 Å². The van der Waals surface area contributed by atoms with Gasteiger partial charge in [-0.2, -0.15) is 0 Å². The molecule has 8 heteroatoms. The van der Waals surface area contributed by atoms with E-state index in [4.69, 9.17) is 17.3 Å². The second-order valence-electron chi connectivity index (χ2n) is 7.57. The zero-order valence-corrected chi connectivity index (χ0v) is 17.1. The van der Waals surface area contributed by atoms with Crippen LogP contribution in [0.25, 0.3) is 11.0 Å². The van der Waals surface area contributed by atoms with Gasteiger partial charge in [-0.15, -0.1) is 0 Å². The van der Waals surface area contributed by atoms with Crippen molar-refractivity contribution in [3.8, 4) is 0 Å². The maximum absolute atomic E-state index is 13.0. The van der Waals surface area contributed by atoms with Crippen LogP contribution in [-0.2, 0) is 4.79 Å². The Morgan fingerprint density at radius 1 is 1.34 bits per heavy atom. The molecule has 1 aliphatic heterocycles. The van der Waals surface area contributed by atoms with E-state index >= 15 is 0 Å². The molecule has 7 nitrogen and oxygen atoms in total. The Labute approximate surface area is 174 Å². The van der Waals surface area contributed by atoms with Crippen LogP contribution in [0.5, 0.6) is 0 Å². The largest absolute Gasteiger partial charge is 0.356 e. The van der Waals surface area contributed by atoms with Crippen molar-refractivity contribution in [2.45, 2.75) is 37.8 Å². The molecule has 0 aliphatic carbocycles. The van der Waals surface area contributed by atoms with Gasteiger partial charge in [0, 0.05) is 24.3 Å². The molecule has 0 unspecified atom stereocenters. The van der Waals surface area contributed by atoms with Gasteiger partial charge in [0.1, 0.15) is 17.8 Å². The SMILES string of the molecule is CC[C@H](NC(=O)C1(N)CCN(c2ncnc3[nH]ccc23)CC1)c1cccc(Cl)c1. The first-order valence-corrected chi connectivity index (χ1v) is 10.3. The summed E-state index contributed by atoms with van der Waals surface area (Å²) < 4.78 is 0. The molecular weight excluding hydrogens is 388 g/mol. The minimum absolute atomic E-state index is 0.110. The summed E-state index contributed by atoms with van der Waals surface area (Å²) in [5, 5.41) is 4.77. The standard InChI is InChI=1S/C21H25ClN6O/c1-2-17(14-4-3-5-15(22)12-14)27-20(29)21(23)7-10-28(11-8-21)19-16-6-9-24-18(16)25-13-26-19/h3-6,9,12-13,17H,2,7-8,10-11,23H2,1H3,(H,27,29)(H,24,25,26)/t17-/m0/s1. The van der Waals surface area contributed by atoms with Crippen LogP contribution in [0.15, 0.2) is 42.9 Å². The fourth-order valence-electron chi connectivity index (χ4n) is 3.90. The van der Waals surface area contributed by atoms with Crippen LogP contribution in [0.1, 0.15) is 37.8 Å². The van der Waals surface area contributed by atoms with Gasteiger partial charge in [-0.05, 0) is 43.0 Å². The van der Waals surface area contributed by atoms with E-state index in [0.29, 0.717) is 31.0 Å². The van der Waals surface area contributed by atoms with Crippen LogP contribution < -0.4 is 16.0 Å². The number of halogens is 1. The van der Waals surface area contributed by atoms with E-state index in [-0.39, 0.29) is 11.9 Å². The van der Waals surface area contributed by atoms with Crippen molar-refractivity contribution in [1.82, 2.24) is 20.3 Å². The highest BCUT2D eigenvalue weighted by Crippen LogP contribution is 2.29. The number of H-pyrrole nitrogens is 1. The van der Waals surface area contributed by atoms with Gasteiger partial charge in [-0.1, -0.05) is 30.7 Å². The van der Waals surface area contributed by atoms with E-state index in [0.717, 1.165) is 28.8 Å². The Morgan fingerprint density at radius 3 is 2.86 bits per heavy atom. The first-order chi connectivity index (χ1) is 14.0. The molecule has 3 aromatic rings. The van der Waals surface area contributed by atoms with Crippen molar-refractivity contribution in [3.05, 3.63) is 53.4 Å². The number of carbonyl (C=O) groups is 1. The number of nitrogens with zero attached hydrogens (tertiary/aromatic N) is 3. The molecule has 3 heterocycles. The Hall–Kier alpha value is -2.64. The number of hydrogen-bond acceptors (Lipinski definition) is 5. The highest BCUT2D eigenvalue weighted by atomic mass is 35.5. The summed E-state index contributed by atoms with van der Waals surface area (Å²) in [4.78, 5) is 27.0. The number of hydrogen-bond donors (Lipinski definition) is 3. The maximum atomic E-state index is 13.0. The average Bonchev–Trinajstić information content (AvgIpc) is 3.21. The number of aromatic nitrogens is 3. The van der Waals surface area contributed by atoms with Gasteiger partial charge in [0.15, 0.2) is 0 Å². The molecule has 4 rings (SSSR count). The topological polar surface area (TPSA) is 99.9 Å². The first kappa shape index (κ1) is 19.7. The number of aromatic amines is 1.